The van der Waals surface area contributed by atoms with E-state index in [1.807, 2.05) is 31.3 Å². The maximum Gasteiger partial charge on any atom is 0.153 e. The number of hydrogen-bond acceptors (Lipinski definition) is 6. The van der Waals surface area contributed by atoms with E-state index >= 15 is 0 Å². The van der Waals surface area contributed by atoms with Gasteiger partial charge in [-0.1, -0.05) is 16.3 Å². The standard InChI is InChI=1S/C20H28N7P/c1-4-15-10-14(9-13(3)27(15)28)22-20-16-6-5-7-21-17(16)11-18(24-20)23-19-8-12(2)25-26-19/h5-8,11,13-15H,4,9-10,28H2,1-3H3,(H3,22,23,24,25,26)/t13-,14-,15+/m1/s1. The summed E-state index contributed by atoms with van der Waals surface area (Å²) in [6.45, 7) is 6.52. The third-order valence-electron chi connectivity index (χ3n) is 5.49. The Hall–Kier alpha value is -2.24. The molecule has 4 rings (SSSR count). The Morgan fingerprint density at radius 3 is 2.89 bits per heavy atom. The van der Waals surface area contributed by atoms with Gasteiger partial charge < -0.3 is 10.6 Å². The molecule has 3 aromatic rings. The summed E-state index contributed by atoms with van der Waals surface area (Å²) in [4.78, 5) is 9.40. The summed E-state index contributed by atoms with van der Waals surface area (Å²) in [7, 11) is 2.91. The highest BCUT2D eigenvalue weighted by Gasteiger charge is 2.30. The number of nitrogens with zero attached hydrogens (tertiary/aromatic N) is 4. The molecule has 0 bridgehead atoms. The first-order chi connectivity index (χ1) is 13.5. The van der Waals surface area contributed by atoms with Gasteiger partial charge in [0.1, 0.15) is 11.6 Å². The molecule has 3 N–H and O–H groups in total. The highest BCUT2D eigenvalue weighted by molar-refractivity contribution is 7.13. The number of anilines is 3. The van der Waals surface area contributed by atoms with E-state index in [0.29, 0.717) is 18.1 Å². The van der Waals surface area contributed by atoms with Crippen molar-refractivity contribution in [1.82, 2.24) is 24.8 Å². The van der Waals surface area contributed by atoms with Crippen molar-refractivity contribution < 1.29 is 0 Å². The second-order valence-electron chi connectivity index (χ2n) is 7.66. The molecule has 1 aliphatic rings. The number of H-pyrrole nitrogens is 1. The minimum atomic E-state index is 0.385. The summed E-state index contributed by atoms with van der Waals surface area (Å²) in [6, 6.07) is 9.42. The average Bonchev–Trinajstić information content (AvgIpc) is 3.09. The summed E-state index contributed by atoms with van der Waals surface area (Å²) in [5, 5.41) is 15.2. The van der Waals surface area contributed by atoms with Crippen molar-refractivity contribution in [3.63, 3.8) is 0 Å². The fourth-order valence-electron chi connectivity index (χ4n) is 3.99. The fourth-order valence-corrected chi connectivity index (χ4v) is 4.45. The molecule has 1 fully saturated rings. The number of aromatic amines is 1. The maximum atomic E-state index is 4.86. The van der Waals surface area contributed by atoms with E-state index in [2.05, 4.69) is 59.8 Å². The van der Waals surface area contributed by atoms with Gasteiger partial charge in [0.25, 0.3) is 0 Å². The van der Waals surface area contributed by atoms with Crippen LogP contribution in [0.2, 0.25) is 0 Å². The molecule has 1 unspecified atom stereocenters. The van der Waals surface area contributed by atoms with Crippen LogP contribution in [0.15, 0.2) is 30.5 Å². The number of rotatable bonds is 5. The fraction of sp³-hybridized carbons (Fsp3) is 0.450. The molecule has 0 saturated carbocycles. The van der Waals surface area contributed by atoms with Crippen LogP contribution in [0.1, 0.15) is 38.8 Å². The second kappa shape index (κ2) is 8.02. The lowest BCUT2D eigenvalue weighted by atomic mass is 9.93. The second-order valence-corrected chi connectivity index (χ2v) is 8.25. The molecule has 148 valence electrons. The van der Waals surface area contributed by atoms with E-state index < -0.39 is 0 Å². The number of piperidine rings is 1. The average molecular weight is 397 g/mol. The van der Waals surface area contributed by atoms with Crippen molar-refractivity contribution in [1.29, 1.82) is 0 Å². The number of pyridine rings is 2. The van der Waals surface area contributed by atoms with Gasteiger partial charge in [0.05, 0.1) is 5.52 Å². The topological polar surface area (TPSA) is 81.8 Å². The molecule has 0 radical (unpaired) electrons. The van der Waals surface area contributed by atoms with E-state index in [4.69, 9.17) is 4.98 Å². The van der Waals surface area contributed by atoms with Crippen LogP contribution < -0.4 is 10.6 Å². The van der Waals surface area contributed by atoms with Gasteiger partial charge in [0.2, 0.25) is 0 Å². The van der Waals surface area contributed by atoms with Crippen molar-refractivity contribution in [3.05, 3.63) is 36.2 Å². The summed E-state index contributed by atoms with van der Waals surface area (Å²) < 4.78 is 2.42. The summed E-state index contributed by atoms with van der Waals surface area (Å²) in [6.07, 6.45) is 5.14. The predicted octanol–water partition coefficient (Wildman–Crippen LogP) is 4.24. The molecule has 7 nitrogen and oxygen atoms in total. The molecule has 1 saturated heterocycles. The number of nitrogens with one attached hydrogen (secondary N) is 3. The molecule has 4 atom stereocenters. The molecular formula is C20H28N7P. The molecule has 4 heterocycles. The van der Waals surface area contributed by atoms with Crippen molar-refractivity contribution in [2.24, 2.45) is 0 Å². The normalized spacial score (nSPS) is 23.1. The van der Waals surface area contributed by atoms with Gasteiger partial charge in [-0.05, 0) is 45.2 Å². The van der Waals surface area contributed by atoms with Crippen LogP contribution in [0.5, 0.6) is 0 Å². The summed E-state index contributed by atoms with van der Waals surface area (Å²) in [5.74, 6) is 2.37. The highest BCUT2D eigenvalue weighted by Crippen LogP contribution is 2.32. The Labute approximate surface area is 168 Å². The lowest BCUT2D eigenvalue weighted by Gasteiger charge is -2.41. The van der Waals surface area contributed by atoms with Gasteiger partial charge in [-0.3, -0.25) is 14.8 Å². The number of hydrogen-bond donors (Lipinski definition) is 3. The summed E-state index contributed by atoms with van der Waals surface area (Å²) >= 11 is 0. The van der Waals surface area contributed by atoms with Crippen molar-refractivity contribution >= 4 is 37.7 Å². The lowest BCUT2D eigenvalue weighted by Crippen LogP contribution is -2.46. The molecular weight excluding hydrogens is 369 g/mol. The van der Waals surface area contributed by atoms with E-state index in [1.54, 1.807) is 0 Å². The molecule has 0 amide bonds. The Morgan fingerprint density at radius 2 is 2.14 bits per heavy atom. The van der Waals surface area contributed by atoms with Gasteiger partial charge in [0.15, 0.2) is 5.82 Å². The Balaban J connectivity index is 1.63. The highest BCUT2D eigenvalue weighted by atomic mass is 31.0. The monoisotopic (exact) mass is 397 g/mol. The first-order valence-corrected chi connectivity index (χ1v) is 10.4. The Morgan fingerprint density at radius 1 is 1.29 bits per heavy atom. The minimum absolute atomic E-state index is 0.385. The van der Waals surface area contributed by atoms with Gasteiger partial charge >= 0.3 is 0 Å². The van der Waals surface area contributed by atoms with E-state index in [-0.39, 0.29) is 0 Å². The Kier molecular flexibility index (Phi) is 5.47. The van der Waals surface area contributed by atoms with Gasteiger partial charge in [-0.2, -0.15) is 5.10 Å². The molecule has 0 aliphatic carbocycles. The summed E-state index contributed by atoms with van der Waals surface area (Å²) in [5.41, 5.74) is 1.92. The first kappa shape index (κ1) is 19.1. The molecule has 28 heavy (non-hydrogen) atoms. The zero-order chi connectivity index (χ0) is 19.7. The maximum absolute atomic E-state index is 4.86. The van der Waals surface area contributed by atoms with E-state index in [9.17, 15) is 0 Å². The van der Waals surface area contributed by atoms with E-state index in [1.165, 1.54) is 0 Å². The van der Waals surface area contributed by atoms with Crippen molar-refractivity contribution in [2.75, 3.05) is 10.6 Å². The van der Waals surface area contributed by atoms with Crippen LogP contribution in [0.4, 0.5) is 17.5 Å². The lowest BCUT2D eigenvalue weighted by molar-refractivity contribution is 0.191. The van der Waals surface area contributed by atoms with Gasteiger partial charge in [-0.15, -0.1) is 0 Å². The SMILES string of the molecule is CC[C@H]1C[C@H](Nc2nc(Nc3cc(C)[nH]n3)cc3ncccc23)C[C@@H](C)N1P. The minimum Gasteiger partial charge on any atom is -0.367 e. The van der Waals surface area contributed by atoms with Crippen LogP contribution in [0, 0.1) is 6.92 Å². The molecule has 3 aromatic heterocycles. The zero-order valence-electron chi connectivity index (χ0n) is 16.6. The van der Waals surface area contributed by atoms with Crippen LogP contribution >= 0.6 is 9.39 Å². The first-order valence-electron chi connectivity index (χ1n) is 9.88. The van der Waals surface area contributed by atoms with Crippen molar-refractivity contribution in [3.8, 4) is 0 Å². The number of aromatic nitrogens is 4. The van der Waals surface area contributed by atoms with Crippen LogP contribution in [0.3, 0.4) is 0 Å². The zero-order valence-corrected chi connectivity index (χ0v) is 17.8. The van der Waals surface area contributed by atoms with Crippen LogP contribution in [-0.4, -0.2) is 43.0 Å². The molecule has 0 spiro atoms. The third-order valence-corrected chi connectivity index (χ3v) is 6.42. The van der Waals surface area contributed by atoms with Gasteiger partial charge in [-0.25, -0.2) is 4.98 Å². The molecule has 1 aliphatic heterocycles. The number of fused-ring (bicyclic) bond motifs is 1. The van der Waals surface area contributed by atoms with Crippen molar-refractivity contribution in [2.45, 2.75) is 58.2 Å². The third kappa shape index (κ3) is 3.96. The van der Waals surface area contributed by atoms with Crippen LogP contribution in [-0.2, 0) is 0 Å². The number of aryl methyl sites for hydroxylation is 1. The van der Waals surface area contributed by atoms with E-state index in [0.717, 1.165) is 53.3 Å². The smallest absolute Gasteiger partial charge is 0.153 e. The molecule has 8 heteroatoms. The molecule has 0 aromatic carbocycles. The quantitative estimate of drug-likeness (QED) is 0.559. The predicted molar refractivity (Wildman–Crippen MR) is 118 cm³/mol. The van der Waals surface area contributed by atoms with Gasteiger partial charge in [0, 0.05) is 47.5 Å². The Bertz CT molecular complexity index is 957. The largest absolute Gasteiger partial charge is 0.367 e. The van der Waals surface area contributed by atoms with Crippen LogP contribution in [0.25, 0.3) is 10.9 Å².